The Morgan fingerprint density at radius 2 is 1.83 bits per heavy atom. The van der Waals surface area contributed by atoms with Gasteiger partial charge < -0.3 is 5.11 Å². The minimum absolute atomic E-state index is 0.0144. The minimum atomic E-state index is -1.02. The Kier molecular flexibility index (Phi) is 5.39. The monoisotopic (exact) mass is 348 g/mol. The molecule has 0 aromatic carbocycles. The molecular weight excluding hydrogens is 328 g/mol. The van der Waals surface area contributed by atoms with Crippen molar-refractivity contribution in [2.24, 2.45) is 7.05 Å². The number of aryl methyl sites for hydroxylation is 1. The van der Waals surface area contributed by atoms with Crippen molar-refractivity contribution in [1.82, 2.24) is 19.7 Å². The van der Waals surface area contributed by atoms with Crippen molar-refractivity contribution >= 4 is 29.7 Å². The van der Waals surface area contributed by atoms with Crippen LogP contribution in [0.3, 0.4) is 0 Å². The van der Waals surface area contributed by atoms with E-state index in [1.807, 2.05) is 33.8 Å². The molecule has 0 saturated heterocycles. The maximum absolute atomic E-state index is 11.3. The quantitative estimate of drug-likeness (QED) is 0.883. The van der Waals surface area contributed by atoms with Crippen molar-refractivity contribution in [3.05, 3.63) is 39.7 Å². The molecule has 128 valence electrons. The summed E-state index contributed by atoms with van der Waals surface area (Å²) in [5, 5.41) is 14.2. The van der Waals surface area contributed by atoms with Crippen LogP contribution < -0.4 is 0 Å². The molecule has 2 aromatic heterocycles. The summed E-state index contributed by atoms with van der Waals surface area (Å²) in [6, 6.07) is 0. The van der Waals surface area contributed by atoms with Crippen LogP contribution in [-0.2, 0) is 7.05 Å². The van der Waals surface area contributed by atoms with Crippen LogP contribution >= 0.6 is 11.6 Å². The number of aromatic nitrogens is 4. The maximum atomic E-state index is 11.3. The van der Waals surface area contributed by atoms with Crippen LogP contribution in [0.4, 0.5) is 0 Å². The lowest BCUT2D eigenvalue weighted by molar-refractivity contribution is 0.0694. The van der Waals surface area contributed by atoms with Gasteiger partial charge in [0.2, 0.25) is 0 Å². The van der Waals surface area contributed by atoms with Crippen LogP contribution in [-0.4, -0.2) is 30.8 Å². The van der Waals surface area contributed by atoms with Crippen molar-refractivity contribution in [3.63, 3.8) is 0 Å². The molecule has 0 radical (unpaired) electrons. The minimum Gasteiger partial charge on any atom is -0.478 e. The van der Waals surface area contributed by atoms with Gasteiger partial charge >= 0.3 is 5.97 Å². The lowest BCUT2D eigenvalue weighted by atomic mass is 10.0. The van der Waals surface area contributed by atoms with E-state index in [9.17, 15) is 9.90 Å². The van der Waals surface area contributed by atoms with Crippen molar-refractivity contribution in [1.29, 1.82) is 0 Å². The van der Waals surface area contributed by atoms with Crippen molar-refractivity contribution in [2.45, 2.75) is 39.5 Å². The Bertz CT molecular complexity index is 794. The van der Waals surface area contributed by atoms with Crippen LogP contribution in [0.1, 0.15) is 72.7 Å². The van der Waals surface area contributed by atoms with Gasteiger partial charge in [-0.05, 0) is 24.0 Å². The topological polar surface area (TPSA) is 80.9 Å². The molecule has 6 nitrogen and oxygen atoms in total. The second-order valence-corrected chi connectivity index (χ2v) is 6.55. The van der Waals surface area contributed by atoms with Crippen LogP contribution in [0.2, 0.25) is 5.15 Å². The first-order valence-electron chi connectivity index (χ1n) is 7.73. The van der Waals surface area contributed by atoms with Crippen molar-refractivity contribution in [3.8, 4) is 0 Å². The summed E-state index contributed by atoms with van der Waals surface area (Å²) in [5.74, 6) is -0.366. The third-order valence-corrected chi connectivity index (χ3v) is 4.05. The fourth-order valence-corrected chi connectivity index (χ4v) is 2.57. The Labute approximate surface area is 146 Å². The average molecular weight is 349 g/mol. The number of carboxylic acids is 1. The number of halogens is 1. The van der Waals surface area contributed by atoms with Gasteiger partial charge in [0.25, 0.3) is 0 Å². The molecule has 0 unspecified atom stereocenters. The van der Waals surface area contributed by atoms with Crippen molar-refractivity contribution in [2.75, 3.05) is 0 Å². The number of hydrogen-bond donors (Lipinski definition) is 1. The smallest absolute Gasteiger partial charge is 0.339 e. The Morgan fingerprint density at radius 3 is 2.38 bits per heavy atom. The van der Waals surface area contributed by atoms with E-state index in [1.54, 1.807) is 17.8 Å². The van der Waals surface area contributed by atoms with Gasteiger partial charge in [-0.25, -0.2) is 14.8 Å². The predicted octanol–water partition coefficient (Wildman–Crippen LogP) is 3.98. The number of rotatable bonds is 5. The fourth-order valence-electron chi connectivity index (χ4n) is 2.37. The molecule has 0 aliphatic carbocycles. The van der Waals surface area contributed by atoms with E-state index in [1.165, 1.54) is 6.20 Å². The van der Waals surface area contributed by atoms with Gasteiger partial charge in [0.1, 0.15) is 5.15 Å². The normalized spacial score (nSPS) is 11.8. The third-order valence-electron chi connectivity index (χ3n) is 3.60. The lowest BCUT2D eigenvalue weighted by Gasteiger charge is -2.08. The fraction of sp³-hybridized carbons (Fsp3) is 0.412. The summed E-state index contributed by atoms with van der Waals surface area (Å²) in [6.45, 7) is 7.89. The standard InChI is InChI=1S/C17H21ClN4O2/c1-9(2)14-12(17(23)24)8-19-13(20-14)7-6-11-15(10(3)4)21-22(5)16(11)18/h6-10H,1-5H3,(H,23,24). The molecule has 24 heavy (non-hydrogen) atoms. The van der Waals surface area contributed by atoms with Crippen LogP contribution in [0.25, 0.3) is 12.2 Å². The summed E-state index contributed by atoms with van der Waals surface area (Å²) in [6.07, 6.45) is 4.90. The molecule has 1 N–H and O–H groups in total. The zero-order chi connectivity index (χ0) is 18.0. The average Bonchev–Trinajstić information content (AvgIpc) is 2.80. The van der Waals surface area contributed by atoms with Gasteiger partial charge in [0, 0.05) is 18.8 Å². The number of carboxylic acid groups (broad SMARTS) is 1. The molecule has 0 fully saturated rings. The zero-order valence-electron chi connectivity index (χ0n) is 14.4. The Morgan fingerprint density at radius 1 is 1.21 bits per heavy atom. The van der Waals surface area contributed by atoms with E-state index in [0.29, 0.717) is 16.7 Å². The largest absolute Gasteiger partial charge is 0.478 e. The second kappa shape index (κ2) is 7.13. The van der Waals surface area contributed by atoms with Gasteiger partial charge in [-0.15, -0.1) is 0 Å². The summed E-state index contributed by atoms with van der Waals surface area (Å²) in [7, 11) is 1.79. The molecule has 0 amide bonds. The number of aromatic carboxylic acids is 1. The maximum Gasteiger partial charge on any atom is 0.339 e. The summed E-state index contributed by atoms with van der Waals surface area (Å²) in [5.41, 5.74) is 2.36. The summed E-state index contributed by atoms with van der Waals surface area (Å²) in [4.78, 5) is 19.7. The van der Waals surface area contributed by atoms with Gasteiger partial charge in [0.15, 0.2) is 5.82 Å². The second-order valence-electron chi connectivity index (χ2n) is 6.19. The number of hydrogen-bond acceptors (Lipinski definition) is 4. The highest BCUT2D eigenvalue weighted by Crippen LogP contribution is 2.27. The molecule has 0 saturated carbocycles. The SMILES string of the molecule is CC(C)c1nc(C=Cc2c(C(C)C)nn(C)c2Cl)ncc1C(=O)O. The molecule has 0 spiro atoms. The lowest BCUT2D eigenvalue weighted by Crippen LogP contribution is -2.08. The first-order valence-corrected chi connectivity index (χ1v) is 8.10. The van der Waals surface area contributed by atoms with Gasteiger partial charge in [-0.3, -0.25) is 4.68 Å². The zero-order valence-corrected chi connectivity index (χ0v) is 15.2. The highest BCUT2D eigenvalue weighted by atomic mass is 35.5. The predicted molar refractivity (Wildman–Crippen MR) is 94.3 cm³/mol. The molecule has 2 aromatic rings. The third kappa shape index (κ3) is 3.64. The van der Waals surface area contributed by atoms with Gasteiger partial charge in [-0.1, -0.05) is 39.3 Å². The summed E-state index contributed by atoms with van der Waals surface area (Å²) < 4.78 is 1.63. The molecule has 2 rings (SSSR count). The number of nitrogens with zero attached hydrogens (tertiary/aromatic N) is 4. The molecular formula is C17H21ClN4O2. The Balaban J connectivity index is 2.44. The van der Waals surface area contributed by atoms with E-state index < -0.39 is 5.97 Å². The van der Waals surface area contributed by atoms with E-state index >= 15 is 0 Å². The first kappa shape index (κ1) is 18.1. The highest BCUT2D eigenvalue weighted by Gasteiger charge is 2.17. The molecule has 0 atom stereocenters. The Hall–Kier alpha value is -2.21. The van der Waals surface area contributed by atoms with Gasteiger partial charge in [-0.2, -0.15) is 5.10 Å². The van der Waals surface area contributed by atoms with Gasteiger partial charge in [0.05, 0.1) is 17.0 Å². The molecule has 7 heteroatoms. The van der Waals surface area contributed by atoms with Crippen molar-refractivity contribution < 1.29 is 9.90 Å². The molecule has 0 aliphatic rings. The van der Waals surface area contributed by atoms with E-state index in [4.69, 9.17) is 11.6 Å². The van der Waals surface area contributed by atoms with E-state index in [2.05, 4.69) is 15.1 Å². The molecule has 0 aliphatic heterocycles. The highest BCUT2D eigenvalue weighted by molar-refractivity contribution is 6.31. The number of carbonyl (C=O) groups is 1. The van der Waals surface area contributed by atoms with E-state index in [-0.39, 0.29) is 17.4 Å². The van der Waals surface area contributed by atoms with Crippen LogP contribution in [0.5, 0.6) is 0 Å². The van der Waals surface area contributed by atoms with Crippen LogP contribution in [0.15, 0.2) is 6.20 Å². The molecule has 2 heterocycles. The van der Waals surface area contributed by atoms with Crippen LogP contribution in [0, 0.1) is 0 Å². The van der Waals surface area contributed by atoms with E-state index in [0.717, 1.165) is 11.3 Å². The first-order chi connectivity index (χ1) is 11.2. The molecule has 0 bridgehead atoms. The summed E-state index contributed by atoms with van der Waals surface area (Å²) >= 11 is 6.30.